The highest BCUT2D eigenvalue weighted by Gasteiger charge is 2.28. The molecule has 2 N–H and O–H groups in total. The van der Waals surface area contributed by atoms with Crippen molar-refractivity contribution in [3.05, 3.63) is 0 Å². The zero-order chi connectivity index (χ0) is 11.3. The highest BCUT2D eigenvalue weighted by atomic mass is 32.2. The monoisotopic (exact) mass is 258 g/mol. The first-order valence-corrected chi connectivity index (χ1v) is 6.72. The van der Waals surface area contributed by atoms with Gasteiger partial charge in [0, 0.05) is 0 Å². The summed E-state index contributed by atoms with van der Waals surface area (Å²) in [6.07, 6.45) is 2.64. The molecule has 0 aromatic rings. The molecule has 1 aliphatic carbocycles. The van der Waals surface area contributed by atoms with Gasteiger partial charge in [-0.2, -0.15) is 8.42 Å². The third-order valence-corrected chi connectivity index (χ3v) is 3.13. The lowest BCUT2D eigenvalue weighted by Gasteiger charge is -2.21. The maximum absolute atomic E-state index is 10.5. The molecule has 0 aromatic heterocycles. The average molecular weight is 258 g/mol. The van der Waals surface area contributed by atoms with Gasteiger partial charge < -0.3 is 0 Å². The summed E-state index contributed by atoms with van der Waals surface area (Å²) in [4.78, 5) is 0. The van der Waals surface area contributed by atoms with Crippen molar-refractivity contribution in [2.75, 3.05) is 0 Å². The molecular weight excluding hydrogens is 244 g/mol. The number of hydrogen-bond acceptors (Lipinski definition) is 4. The summed E-state index contributed by atoms with van der Waals surface area (Å²) in [5, 5.41) is 0. The largest absolute Gasteiger partial charge is 0.302 e. The van der Waals surface area contributed by atoms with E-state index in [9.17, 15) is 8.42 Å². The Morgan fingerprint density at radius 3 is 1.60 bits per heavy atom. The summed E-state index contributed by atoms with van der Waals surface area (Å²) in [7, 11) is 0. The third kappa shape index (κ3) is 5.14. The van der Waals surface area contributed by atoms with Crippen molar-refractivity contribution in [2.24, 2.45) is 0 Å². The van der Waals surface area contributed by atoms with Gasteiger partial charge in [-0.25, -0.2) is 0 Å². The Morgan fingerprint density at radius 2 is 1.27 bits per heavy atom. The molecule has 90 valence electrons. The summed E-state index contributed by atoms with van der Waals surface area (Å²) < 4.78 is 47.7. The van der Waals surface area contributed by atoms with Crippen LogP contribution in [0.3, 0.4) is 0 Å². The molecule has 0 saturated heterocycles. The van der Waals surface area contributed by atoms with Crippen molar-refractivity contribution in [3.63, 3.8) is 0 Å². The van der Waals surface area contributed by atoms with E-state index in [0.717, 1.165) is 19.3 Å². The van der Waals surface area contributed by atoms with E-state index in [4.69, 9.17) is 17.5 Å². The lowest BCUT2D eigenvalue weighted by molar-refractivity contribution is 0.0551. The van der Waals surface area contributed by atoms with Crippen molar-refractivity contribution >= 4 is 22.7 Å². The smallest absolute Gasteiger partial charge is 0.284 e. The maximum Gasteiger partial charge on any atom is 0.302 e. The molecule has 4 atom stereocenters. The summed E-state index contributed by atoms with van der Waals surface area (Å²) in [6.45, 7) is 0. The molecule has 8 heteroatoms. The molecular formula is C7H14O6S2. The standard InChI is InChI=1S/C7H14O6S2/c8-14(9)12-6-4-2-1-3-5-7(6)13-15(10)11/h6-7H,1-5H2,(H,8,9)(H,10,11). The summed E-state index contributed by atoms with van der Waals surface area (Å²) in [5.41, 5.74) is 0. The van der Waals surface area contributed by atoms with Crippen molar-refractivity contribution in [1.82, 2.24) is 0 Å². The van der Waals surface area contributed by atoms with Crippen LogP contribution in [0, 0.1) is 0 Å². The van der Waals surface area contributed by atoms with E-state index in [1.165, 1.54) is 0 Å². The van der Waals surface area contributed by atoms with Gasteiger partial charge in [0.25, 0.3) is 0 Å². The molecule has 1 fully saturated rings. The van der Waals surface area contributed by atoms with E-state index < -0.39 is 34.9 Å². The van der Waals surface area contributed by atoms with Crippen LogP contribution in [-0.4, -0.2) is 29.7 Å². The second-order valence-corrected chi connectivity index (χ2v) is 4.59. The molecule has 1 saturated carbocycles. The van der Waals surface area contributed by atoms with Gasteiger partial charge in [0.05, 0.1) is 0 Å². The van der Waals surface area contributed by atoms with Crippen LogP contribution in [0.15, 0.2) is 0 Å². The molecule has 0 radical (unpaired) electrons. The first-order valence-electron chi connectivity index (χ1n) is 4.65. The molecule has 6 nitrogen and oxygen atoms in total. The van der Waals surface area contributed by atoms with E-state index in [1.807, 2.05) is 0 Å². The molecule has 1 aliphatic rings. The van der Waals surface area contributed by atoms with Crippen LogP contribution in [0.2, 0.25) is 0 Å². The van der Waals surface area contributed by atoms with Crippen molar-refractivity contribution in [1.29, 1.82) is 0 Å². The minimum atomic E-state index is -2.37. The predicted molar refractivity (Wildman–Crippen MR) is 54.4 cm³/mol. The Hall–Kier alpha value is 0.140. The summed E-state index contributed by atoms with van der Waals surface area (Å²) in [5.74, 6) is 0. The first kappa shape index (κ1) is 13.2. The summed E-state index contributed by atoms with van der Waals surface area (Å²) >= 11 is -4.73. The van der Waals surface area contributed by atoms with Crippen LogP contribution in [0.4, 0.5) is 0 Å². The van der Waals surface area contributed by atoms with Crippen LogP contribution in [0.25, 0.3) is 0 Å². The molecule has 0 spiro atoms. The molecule has 4 unspecified atom stereocenters. The van der Waals surface area contributed by atoms with Crippen molar-refractivity contribution < 1.29 is 25.9 Å². The topological polar surface area (TPSA) is 93.1 Å². The van der Waals surface area contributed by atoms with Crippen LogP contribution in [0.5, 0.6) is 0 Å². The van der Waals surface area contributed by atoms with Crippen LogP contribution >= 0.6 is 0 Å². The quantitative estimate of drug-likeness (QED) is 0.577. The highest BCUT2D eigenvalue weighted by molar-refractivity contribution is 7.74. The molecule has 15 heavy (non-hydrogen) atoms. The lowest BCUT2D eigenvalue weighted by Crippen LogP contribution is -2.31. The fraction of sp³-hybridized carbons (Fsp3) is 1.00. The Bertz CT molecular complexity index is 222. The average Bonchev–Trinajstić information content (AvgIpc) is 2.30. The van der Waals surface area contributed by atoms with Crippen molar-refractivity contribution in [3.8, 4) is 0 Å². The molecule has 0 aliphatic heterocycles. The van der Waals surface area contributed by atoms with Gasteiger partial charge in [-0.3, -0.25) is 17.5 Å². The number of rotatable bonds is 4. The lowest BCUT2D eigenvalue weighted by atomic mass is 10.1. The fourth-order valence-corrected chi connectivity index (χ4v) is 2.53. The Kier molecular flexibility index (Phi) is 5.87. The minimum absolute atomic E-state index is 0.564. The van der Waals surface area contributed by atoms with Crippen LogP contribution in [0.1, 0.15) is 32.1 Å². The molecule has 0 aromatic carbocycles. The zero-order valence-electron chi connectivity index (χ0n) is 8.03. The fourth-order valence-electron chi connectivity index (χ4n) is 1.67. The molecule has 0 heterocycles. The van der Waals surface area contributed by atoms with Gasteiger partial charge >= 0.3 is 22.7 Å². The highest BCUT2D eigenvalue weighted by Crippen LogP contribution is 2.24. The Balaban J connectivity index is 2.58. The molecule has 0 bridgehead atoms. The van der Waals surface area contributed by atoms with Crippen LogP contribution < -0.4 is 0 Å². The van der Waals surface area contributed by atoms with Gasteiger partial charge in [-0.1, -0.05) is 19.3 Å². The van der Waals surface area contributed by atoms with E-state index in [-0.39, 0.29) is 0 Å². The second-order valence-electron chi connectivity index (χ2n) is 3.34. The normalized spacial score (nSPS) is 31.9. The molecule has 0 amide bonds. The summed E-state index contributed by atoms with van der Waals surface area (Å²) in [6, 6.07) is 0. The predicted octanol–water partition coefficient (Wildman–Crippen LogP) is 0.994. The minimum Gasteiger partial charge on any atom is -0.284 e. The maximum atomic E-state index is 10.5. The first-order chi connectivity index (χ1) is 7.09. The Labute approximate surface area is 93.3 Å². The molecule has 1 rings (SSSR count). The van der Waals surface area contributed by atoms with E-state index in [2.05, 4.69) is 0 Å². The van der Waals surface area contributed by atoms with Crippen molar-refractivity contribution in [2.45, 2.75) is 44.3 Å². The second kappa shape index (κ2) is 6.66. The van der Waals surface area contributed by atoms with Gasteiger partial charge in [-0.15, -0.1) is 0 Å². The third-order valence-electron chi connectivity index (χ3n) is 2.30. The van der Waals surface area contributed by atoms with Gasteiger partial charge in [0.1, 0.15) is 12.2 Å². The van der Waals surface area contributed by atoms with E-state index in [1.54, 1.807) is 0 Å². The number of hydrogen-bond donors (Lipinski definition) is 2. The zero-order valence-corrected chi connectivity index (χ0v) is 9.67. The van der Waals surface area contributed by atoms with E-state index >= 15 is 0 Å². The SMILES string of the molecule is O=S(O)OC1CCCCCC1OS(=O)O. The van der Waals surface area contributed by atoms with Gasteiger partial charge in [-0.05, 0) is 12.8 Å². The Morgan fingerprint density at radius 1 is 0.867 bits per heavy atom. The van der Waals surface area contributed by atoms with Gasteiger partial charge in [0.15, 0.2) is 0 Å². The van der Waals surface area contributed by atoms with Crippen LogP contribution in [-0.2, 0) is 31.1 Å². The van der Waals surface area contributed by atoms with E-state index in [0.29, 0.717) is 12.8 Å². The van der Waals surface area contributed by atoms with Gasteiger partial charge in [0.2, 0.25) is 0 Å².